The van der Waals surface area contributed by atoms with Gasteiger partial charge >= 0.3 is 0 Å². The minimum absolute atomic E-state index is 0.300. The molecule has 0 bridgehead atoms. The van der Waals surface area contributed by atoms with Crippen LogP contribution in [0.1, 0.15) is 30.6 Å². The molecule has 1 saturated heterocycles. The van der Waals surface area contributed by atoms with Gasteiger partial charge in [0.15, 0.2) is 0 Å². The van der Waals surface area contributed by atoms with Crippen molar-refractivity contribution < 1.29 is 13.2 Å². The van der Waals surface area contributed by atoms with Crippen LogP contribution < -0.4 is 10.0 Å². The summed E-state index contributed by atoms with van der Waals surface area (Å²) >= 11 is 0. The quantitative estimate of drug-likeness (QED) is 0.742. The normalized spacial score (nSPS) is 24.3. The van der Waals surface area contributed by atoms with Gasteiger partial charge in [0, 0.05) is 31.9 Å². The number of nitrogens with one attached hydrogen (secondary N) is 2. The third kappa shape index (κ3) is 3.62. The average molecular weight is 341 g/mol. The number of aryl methyl sites for hydroxylation is 2. The van der Waals surface area contributed by atoms with Gasteiger partial charge in [0.25, 0.3) is 10.2 Å². The molecule has 2 heterocycles. The maximum Gasteiger partial charge on any atom is 0.280 e. The first-order valence-corrected chi connectivity index (χ1v) is 8.92. The highest BCUT2D eigenvalue weighted by Gasteiger charge is 2.41. The standard InChI is InChI=1S/C14H23N5O3S/c1-5-7-15-14(20)13-8-12(17-23(21,22)18(13)4)11-9-19(6-2)16-10(11)3/h5,9,12-13,17H,1,6-8H2,2-4H3,(H,15,20). The summed E-state index contributed by atoms with van der Waals surface area (Å²) in [4.78, 5) is 12.3. The first-order valence-electron chi connectivity index (χ1n) is 7.48. The third-order valence-corrected chi connectivity index (χ3v) is 5.57. The molecule has 1 aliphatic rings. The summed E-state index contributed by atoms with van der Waals surface area (Å²) in [5.74, 6) is -0.331. The van der Waals surface area contributed by atoms with Crippen molar-refractivity contribution in [3.05, 3.63) is 30.1 Å². The van der Waals surface area contributed by atoms with Crippen LogP contribution in [0, 0.1) is 6.92 Å². The van der Waals surface area contributed by atoms with Crippen molar-refractivity contribution in [2.45, 2.75) is 38.9 Å². The Bertz CT molecular complexity index is 697. The molecule has 1 amide bonds. The fourth-order valence-electron chi connectivity index (χ4n) is 2.64. The van der Waals surface area contributed by atoms with Crippen molar-refractivity contribution in [2.75, 3.05) is 13.6 Å². The van der Waals surface area contributed by atoms with Crippen molar-refractivity contribution in [2.24, 2.45) is 0 Å². The Morgan fingerprint density at radius 1 is 1.61 bits per heavy atom. The fraction of sp³-hybridized carbons (Fsp3) is 0.571. The second-order valence-electron chi connectivity index (χ2n) is 5.50. The molecule has 1 aliphatic heterocycles. The van der Waals surface area contributed by atoms with E-state index in [4.69, 9.17) is 0 Å². The van der Waals surface area contributed by atoms with E-state index in [-0.39, 0.29) is 5.91 Å². The number of aromatic nitrogens is 2. The number of amides is 1. The number of likely N-dealkylation sites (N-methyl/N-ethyl adjacent to an activating group) is 1. The van der Waals surface area contributed by atoms with E-state index in [2.05, 4.69) is 21.7 Å². The van der Waals surface area contributed by atoms with Crippen LogP contribution in [0.25, 0.3) is 0 Å². The maximum atomic E-state index is 12.3. The zero-order valence-electron chi connectivity index (χ0n) is 13.6. The van der Waals surface area contributed by atoms with Gasteiger partial charge in [-0.2, -0.15) is 22.5 Å². The molecule has 0 saturated carbocycles. The van der Waals surface area contributed by atoms with Crippen LogP contribution >= 0.6 is 0 Å². The zero-order valence-corrected chi connectivity index (χ0v) is 14.4. The van der Waals surface area contributed by atoms with Gasteiger partial charge in [0.05, 0.1) is 11.7 Å². The van der Waals surface area contributed by atoms with Gasteiger partial charge in [-0.25, -0.2) is 0 Å². The summed E-state index contributed by atoms with van der Waals surface area (Å²) < 4.78 is 30.1. The van der Waals surface area contributed by atoms with Crippen molar-refractivity contribution >= 4 is 16.1 Å². The highest BCUT2D eigenvalue weighted by Crippen LogP contribution is 2.29. The molecule has 2 unspecified atom stereocenters. The van der Waals surface area contributed by atoms with Crippen LogP contribution in [0.3, 0.4) is 0 Å². The van der Waals surface area contributed by atoms with Gasteiger partial charge in [0.1, 0.15) is 6.04 Å². The molecule has 0 aliphatic carbocycles. The van der Waals surface area contributed by atoms with E-state index in [9.17, 15) is 13.2 Å². The van der Waals surface area contributed by atoms with Gasteiger partial charge in [-0.1, -0.05) is 6.08 Å². The Morgan fingerprint density at radius 3 is 2.87 bits per heavy atom. The molecular formula is C14H23N5O3S. The molecule has 1 aromatic rings. The predicted molar refractivity (Wildman–Crippen MR) is 86.8 cm³/mol. The highest BCUT2D eigenvalue weighted by atomic mass is 32.2. The molecule has 8 nitrogen and oxygen atoms in total. The van der Waals surface area contributed by atoms with Gasteiger partial charge in [-0.05, 0) is 20.3 Å². The average Bonchev–Trinajstić information content (AvgIpc) is 2.88. The Kier molecular flexibility index (Phi) is 5.23. The molecule has 2 atom stereocenters. The van der Waals surface area contributed by atoms with Crippen molar-refractivity contribution in [1.29, 1.82) is 0 Å². The smallest absolute Gasteiger partial charge is 0.280 e. The van der Waals surface area contributed by atoms with Crippen LogP contribution in [0.15, 0.2) is 18.9 Å². The Hall–Kier alpha value is -1.71. The summed E-state index contributed by atoms with van der Waals surface area (Å²) in [6.45, 7) is 8.33. The lowest BCUT2D eigenvalue weighted by atomic mass is 10.00. The summed E-state index contributed by atoms with van der Waals surface area (Å²) in [5, 5.41) is 7.01. The summed E-state index contributed by atoms with van der Waals surface area (Å²) in [7, 11) is -2.33. The molecule has 23 heavy (non-hydrogen) atoms. The summed E-state index contributed by atoms with van der Waals surface area (Å²) in [6, 6.07) is -1.24. The molecule has 9 heteroatoms. The van der Waals surface area contributed by atoms with E-state index < -0.39 is 22.3 Å². The molecule has 0 spiro atoms. The minimum Gasteiger partial charge on any atom is -0.351 e. The fourth-order valence-corrected chi connectivity index (χ4v) is 3.91. The second kappa shape index (κ2) is 6.81. The molecule has 128 valence electrons. The first-order chi connectivity index (χ1) is 10.8. The van der Waals surface area contributed by atoms with E-state index in [1.165, 1.54) is 7.05 Å². The summed E-state index contributed by atoms with van der Waals surface area (Å²) in [5.41, 5.74) is 1.55. The van der Waals surface area contributed by atoms with E-state index >= 15 is 0 Å². The second-order valence-corrected chi connectivity index (χ2v) is 7.26. The van der Waals surface area contributed by atoms with Crippen LogP contribution in [-0.2, 0) is 21.5 Å². The van der Waals surface area contributed by atoms with Gasteiger partial charge in [-0.15, -0.1) is 6.58 Å². The topological polar surface area (TPSA) is 96.3 Å². The number of carbonyl (C=O) groups is 1. The SMILES string of the molecule is C=CCNC(=O)C1CC(c2cn(CC)nc2C)NS(=O)(=O)N1C. The number of carbonyl (C=O) groups excluding carboxylic acids is 1. The number of nitrogens with zero attached hydrogens (tertiary/aromatic N) is 3. The van der Waals surface area contributed by atoms with Gasteiger partial charge < -0.3 is 5.32 Å². The number of rotatable bonds is 5. The Morgan fingerprint density at radius 2 is 2.30 bits per heavy atom. The van der Waals surface area contributed by atoms with Crippen molar-refractivity contribution in [1.82, 2.24) is 24.1 Å². The lowest BCUT2D eigenvalue weighted by Gasteiger charge is -2.35. The number of hydrogen-bond donors (Lipinski definition) is 2. The maximum absolute atomic E-state index is 12.3. The van der Waals surface area contributed by atoms with Crippen LogP contribution in [0.5, 0.6) is 0 Å². The van der Waals surface area contributed by atoms with Crippen LogP contribution in [0.4, 0.5) is 0 Å². The molecule has 2 rings (SSSR count). The van der Waals surface area contributed by atoms with Crippen LogP contribution in [0.2, 0.25) is 0 Å². The van der Waals surface area contributed by atoms with E-state index in [1.54, 1.807) is 10.8 Å². The third-order valence-electron chi connectivity index (χ3n) is 3.98. The lowest BCUT2D eigenvalue weighted by molar-refractivity contribution is -0.125. The summed E-state index contributed by atoms with van der Waals surface area (Å²) in [6.07, 6.45) is 3.72. The van der Waals surface area contributed by atoms with E-state index in [0.717, 1.165) is 15.6 Å². The minimum atomic E-state index is -3.73. The Balaban J connectivity index is 2.30. The Labute approximate surface area is 136 Å². The van der Waals surface area contributed by atoms with Gasteiger partial charge in [0.2, 0.25) is 5.91 Å². The predicted octanol–water partition coefficient (Wildman–Crippen LogP) is 0.0932. The van der Waals surface area contributed by atoms with Gasteiger partial charge in [-0.3, -0.25) is 9.48 Å². The van der Waals surface area contributed by atoms with E-state index in [1.807, 2.05) is 20.0 Å². The molecular weight excluding hydrogens is 318 g/mol. The van der Waals surface area contributed by atoms with E-state index in [0.29, 0.717) is 19.5 Å². The monoisotopic (exact) mass is 341 g/mol. The molecule has 1 fully saturated rings. The highest BCUT2D eigenvalue weighted by molar-refractivity contribution is 7.87. The molecule has 0 radical (unpaired) electrons. The lowest BCUT2D eigenvalue weighted by Crippen LogP contribution is -2.57. The first kappa shape index (κ1) is 17.6. The number of hydrogen-bond acceptors (Lipinski definition) is 4. The largest absolute Gasteiger partial charge is 0.351 e. The van der Waals surface area contributed by atoms with Crippen molar-refractivity contribution in [3.63, 3.8) is 0 Å². The molecule has 0 aromatic carbocycles. The van der Waals surface area contributed by atoms with Crippen molar-refractivity contribution in [3.8, 4) is 0 Å². The van der Waals surface area contributed by atoms with Crippen LogP contribution in [-0.4, -0.2) is 48.0 Å². The molecule has 1 aromatic heterocycles. The zero-order chi connectivity index (χ0) is 17.2. The molecule has 2 N–H and O–H groups in total.